The summed E-state index contributed by atoms with van der Waals surface area (Å²) >= 11 is 0. The highest BCUT2D eigenvalue weighted by atomic mass is 32.2. The van der Waals surface area contributed by atoms with Gasteiger partial charge >= 0.3 is 0 Å². The number of nitrogens with one attached hydrogen (secondary N) is 1. The van der Waals surface area contributed by atoms with Gasteiger partial charge in [-0.1, -0.05) is 19.1 Å². The van der Waals surface area contributed by atoms with E-state index in [0.29, 0.717) is 10.6 Å². The number of halogens is 1. The summed E-state index contributed by atoms with van der Waals surface area (Å²) in [6.45, 7) is 3.01. The largest absolute Gasteiger partial charge is 0.310 e. The van der Waals surface area contributed by atoms with Gasteiger partial charge in [0.1, 0.15) is 5.82 Å². The molecule has 2 rings (SSSR count). The predicted molar refractivity (Wildman–Crippen MR) is 63.3 cm³/mol. The van der Waals surface area contributed by atoms with Crippen LogP contribution in [-0.2, 0) is 10.8 Å². The maximum absolute atomic E-state index is 13.6. The lowest BCUT2D eigenvalue weighted by Gasteiger charge is -2.26. The molecule has 0 spiro atoms. The summed E-state index contributed by atoms with van der Waals surface area (Å²) in [7, 11) is -1.17. The molecule has 1 aromatic rings. The van der Waals surface area contributed by atoms with E-state index < -0.39 is 10.8 Å². The second-order valence-electron chi connectivity index (χ2n) is 4.00. The van der Waals surface area contributed by atoms with Crippen LogP contribution >= 0.6 is 0 Å². The van der Waals surface area contributed by atoms with Gasteiger partial charge in [0.05, 0.1) is 15.7 Å². The molecule has 1 heterocycles. The van der Waals surface area contributed by atoms with Crippen molar-refractivity contribution in [3.05, 3.63) is 29.6 Å². The molecule has 0 saturated carbocycles. The monoisotopic (exact) mass is 241 g/mol. The molecule has 0 aromatic heterocycles. The fourth-order valence-electron chi connectivity index (χ4n) is 2.05. The van der Waals surface area contributed by atoms with Crippen LogP contribution < -0.4 is 5.32 Å². The summed E-state index contributed by atoms with van der Waals surface area (Å²) < 4.78 is 25.4. The van der Waals surface area contributed by atoms with Crippen LogP contribution in [0.2, 0.25) is 0 Å². The van der Waals surface area contributed by atoms with Gasteiger partial charge < -0.3 is 5.32 Å². The molecule has 0 aliphatic carbocycles. The van der Waals surface area contributed by atoms with Crippen molar-refractivity contribution < 1.29 is 8.60 Å². The number of hydrogen-bond acceptors (Lipinski definition) is 2. The van der Waals surface area contributed by atoms with Gasteiger partial charge in [-0.2, -0.15) is 0 Å². The van der Waals surface area contributed by atoms with Crippen LogP contribution in [0, 0.1) is 5.82 Å². The minimum absolute atomic E-state index is 0.156. The number of hydrogen-bond donors (Lipinski definition) is 1. The average Bonchev–Trinajstić information content (AvgIpc) is 2.28. The first-order valence-electron chi connectivity index (χ1n) is 5.64. The molecule has 2 nitrogen and oxygen atoms in total. The van der Waals surface area contributed by atoms with E-state index >= 15 is 0 Å². The van der Waals surface area contributed by atoms with Crippen LogP contribution in [0.4, 0.5) is 4.39 Å². The van der Waals surface area contributed by atoms with E-state index in [-0.39, 0.29) is 11.9 Å². The van der Waals surface area contributed by atoms with E-state index in [0.717, 1.165) is 24.9 Å². The Morgan fingerprint density at radius 2 is 2.38 bits per heavy atom. The van der Waals surface area contributed by atoms with Gasteiger partial charge in [-0.3, -0.25) is 4.21 Å². The first-order valence-corrected chi connectivity index (χ1v) is 6.96. The zero-order valence-corrected chi connectivity index (χ0v) is 10.1. The third kappa shape index (κ3) is 2.18. The Kier molecular flexibility index (Phi) is 3.71. The fraction of sp³-hybridized carbons (Fsp3) is 0.500. The molecule has 0 amide bonds. The van der Waals surface area contributed by atoms with Crippen LogP contribution in [0.25, 0.3) is 0 Å². The molecule has 1 N–H and O–H groups in total. The summed E-state index contributed by atoms with van der Waals surface area (Å²) in [6, 6.07) is 5.11. The first-order chi connectivity index (χ1) is 7.74. The first kappa shape index (κ1) is 11.7. The van der Waals surface area contributed by atoms with Crippen molar-refractivity contribution in [2.75, 3.05) is 12.3 Å². The van der Waals surface area contributed by atoms with Crippen LogP contribution in [0.5, 0.6) is 0 Å². The van der Waals surface area contributed by atoms with Crippen molar-refractivity contribution in [3.8, 4) is 0 Å². The lowest BCUT2D eigenvalue weighted by atomic mass is 10.0. The molecule has 16 heavy (non-hydrogen) atoms. The Morgan fingerprint density at radius 3 is 3.12 bits per heavy atom. The number of fused-ring (bicyclic) bond motifs is 1. The topological polar surface area (TPSA) is 29.1 Å². The summed E-state index contributed by atoms with van der Waals surface area (Å²) in [4.78, 5) is 0.405. The van der Waals surface area contributed by atoms with E-state index in [2.05, 4.69) is 12.2 Å². The van der Waals surface area contributed by atoms with E-state index in [1.165, 1.54) is 6.07 Å². The molecule has 2 atom stereocenters. The van der Waals surface area contributed by atoms with Crippen LogP contribution in [0.1, 0.15) is 31.4 Å². The molecule has 0 saturated heterocycles. The summed E-state index contributed by atoms with van der Waals surface area (Å²) in [5.41, 5.74) is 0.873. The molecular weight excluding hydrogens is 225 g/mol. The Labute approximate surface area is 97.7 Å². The number of benzene rings is 1. The van der Waals surface area contributed by atoms with Crippen LogP contribution in [0.3, 0.4) is 0 Å². The van der Waals surface area contributed by atoms with Crippen molar-refractivity contribution in [1.82, 2.24) is 5.32 Å². The van der Waals surface area contributed by atoms with Gasteiger partial charge in [-0.15, -0.1) is 0 Å². The third-order valence-electron chi connectivity index (χ3n) is 2.83. The van der Waals surface area contributed by atoms with Gasteiger partial charge in [0.2, 0.25) is 0 Å². The predicted octanol–water partition coefficient (Wildman–Crippen LogP) is 2.38. The summed E-state index contributed by atoms with van der Waals surface area (Å²) in [5.74, 6) is 0.216. The van der Waals surface area contributed by atoms with E-state index in [9.17, 15) is 8.60 Å². The lowest BCUT2D eigenvalue weighted by molar-refractivity contribution is 0.490. The van der Waals surface area contributed by atoms with Gasteiger partial charge in [-0.25, -0.2) is 4.39 Å². The zero-order chi connectivity index (χ0) is 11.5. The van der Waals surface area contributed by atoms with E-state index in [1.54, 1.807) is 6.07 Å². The highest BCUT2D eigenvalue weighted by Gasteiger charge is 2.26. The lowest BCUT2D eigenvalue weighted by Crippen LogP contribution is -2.28. The van der Waals surface area contributed by atoms with Crippen LogP contribution in [-0.4, -0.2) is 16.5 Å². The second kappa shape index (κ2) is 5.06. The Hall–Kier alpha value is -0.740. The summed E-state index contributed by atoms with van der Waals surface area (Å²) in [5, 5.41) is 3.37. The van der Waals surface area contributed by atoms with Crippen molar-refractivity contribution in [2.24, 2.45) is 0 Å². The molecule has 0 bridgehead atoms. The zero-order valence-electron chi connectivity index (χ0n) is 9.33. The Balaban J connectivity index is 2.33. The smallest absolute Gasteiger partial charge is 0.139 e. The molecule has 1 aromatic carbocycles. The number of rotatable bonds is 3. The van der Waals surface area contributed by atoms with Gasteiger partial charge in [-0.05, 0) is 31.0 Å². The molecule has 4 heteroatoms. The van der Waals surface area contributed by atoms with E-state index in [1.807, 2.05) is 6.07 Å². The van der Waals surface area contributed by atoms with Crippen LogP contribution in [0.15, 0.2) is 23.1 Å². The Bertz CT molecular complexity index is 408. The highest BCUT2D eigenvalue weighted by Crippen LogP contribution is 2.31. The maximum atomic E-state index is 13.6. The molecule has 2 unspecified atom stereocenters. The minimum Gasteiger partial charge on any atom is -0.310 e. The minimum atomic E-state index is -1.17. The molecule has 0 fully saturated rings. The normalized spacial score (nSPS) is 24.1. The van der Waals surface area contributed by atoms with Gasteiger partial charge in [0.15, 0.2) is 0 Å². The SMILES string of the molecule is CCCNC1CCS(=O)c2c(F)cccc21. The highest BCUT2D eigenvalue weighted by molar-refractivity contribution is 7.85. The molecule has 88 valence electrons. The molecule has 1 aliphatic heterocycles. The third-order valence-corrected chi connectivity index (χ3v) is 4.33. The van der Waals surface area contributed by atoms with Gasteiger partial charge in [0, 0.05) is 11.8 Å². The summed E-state index contributed by atoms with van der Waals surface area (Å²) in [6.07, 6.45) is 1.87. The maximum Gasteiger partial charge on any atom is 0.139 e. The average molecular weight is 241 g/mol. The quantitative estimate of drug-likeness (QED) is 0.880. The Morgan fingerprint density at radius 1 is 1.56 bits per heavy atom. The molecular formula is C12H16FNOS. The van der Waals surface area contributed by atoms with Crippen molar-refractivity contribution in [2.45, 2.75) is 30.7 Å². The second-order valence-corrected chi connectivity index (χ2v) is 5.51. The van der Waals surface area contributed by atoms with Gasteiger partial charge in [0.25, 0.3) is 0 Å². The van der Waals surface area contributed by atoms with Crippen molar-refractivity contribution in [3.63, 3.8) is 0 Å². The van der Waals surface area contributed by atoms with Crippen molar-refractivity contribution in [1.29, 1.82) is 0 Å². The fourth-order valence-corrected chi connectivity index (χ4v) is 3.47. The standard InChI is InChI=1S/C12H16FNOS/c1-2-7-14-11-6-8-16(15)12-9(11)4-3-5-10(12)13/h3-5,11,14H,2,6-8H2,1H3. The van der Waals surface area contributed by atoms with Crippen molar-refractivity contribution >= 4 is 10.8 Å². The molecule has 1 aliphatic rings. The molecule has 0 radical (unpaired) electrons. The van der Waals surface area contributed by atoms with E-state index in [4.69, 9.17) is 0 Å².